The predicted octanol–water partition coefficient (Wildman–Crippen LogP) is 0.949. The summed E-state index contributed by atoms with van der Waals surface area (Å²) in [6.07, 6.45) is 0. The van der Waals surface area contributed by atoms with E-state index < -0.39 is 0 Å². The second-order valence-corrected chi connectivity index (χ2v) is 3.96. The van der Waals surface area contributed by atoms with E-state index in [9.17, 15) is 4.79 Å². The zero-order chi connectivity index (χ0) is 12.4. The Balaban J connectivity index is 2.35. The lowest BCUT2D eigenvalue weighted by Crippen LogP contribution is -2.26. The maximum Gasteiger partial charge on any atom is 0.251 e. The summed E-state index contributed by atoms with van der Waals surface area (Å²) >= 11 is 5.89. The number of aliphatic hydroxyl groups is 1. The largest absolute Gasteiger partial charge is 0.395 e. The summed E-state index contributed by atoms with van der Waals surface area (Å²) in [5.74, 6) is -0.234. The second-order valence-electron chi connectivity index (χ2n) is 3.62. The molecule has 5 nitrogen and oxygen atoms in total. The maximum atomic E-state index is 11.6. The van der Waals surface area contributed by atoms with Gasteiger partial charge in [-0.1, -0.05) is 0 Å². The van der Waals surface area contributed by atoms with E-state index in [4.69, 9.17) is 16.7 Å². The first-order valence-electron chi connectivity index (χ1n) is 5.14. The number of hydrogen-bond donors (Lipinski definition) is 2. The van der Waals surface area contributed by atoms with Crippen LogP contribution in [0.15, 0.2) is 18.2 Å². The van der Waals surface area contributed by atoms with E-state index in [2.05, 4.69) is 10.3 Å². The molecular weight excluding hydrogens is 242 g/mol. The third kappa shape index (κ3) is 2.25. The molecule has 1 heterocycles. The summed E-state index contributed by atoms with van der Waals surface area (Å²) < 4.78 is 1.74. The molecule has 2 N–H and O–H groups in total. The zero-order valence-corrected chi connectivity index (χ0v) is 10.0. The summed E-state index contributed by atoms with van der Waals surface area (Å²) in [6.45, 7) is 0.156. The maximum absolute atomic E-state index is 11.6. The number of aliphatic hydroxyl groups excluding tert-OH is 1. The zero-order valence-electron chi connectivity index (χ0n) is 9.27. The highest BCUT2D eigenvalue weighted by Crippen LogP contribution is 2.19. The predicted molar refractivity (Wildman–Crippen MR) is 65.1 cm³/mol. The molecule has 6 heteroatoms. The van der Waals surface area contributed by atoms with Crippen LogP contribution in [-0.2, 0) is 7.05 Å². The third-order valence-electron chi connectivity index (χ3n) is 2.49. The molecule has 90 valence electrons. The number of rotatable bonds is 3. The number of amides is 1. The molecule has 1 aromatic carbocycles. The lowest BCUT2D eigenvalue weighted by atomic mass is 10.2. The number of imidazole rings is 1. The number of fused-ring (bicyclic) bond motifs is 1. The highest BCUT2D eigenvalue weighted by Gasteiger charge is 2.09. The Labute approximate surface area is 103 Å². The summed E-state index contributed by atoms with van der Waals surface area (Å²) in [4.78, 5) is 15.8. The molecule has 1 amide bonds. The third-order valence-corrected chi connectivity index (χ3v) is 2.82. The van der Waals surface area contributed by atoms with Gasteiger partial charge in [0, 0.05) is 19.2 Å². The first kappa shape index (κ1) is 11.9. The van der Waals surface area contributed by atoms with Crippen molar-refractivity contribution in [2.75, 3.05) is 13.2 Å². The Hall–Kier alpha value is -1.59. The topological polar surface area (TPSA) is 67.2 Å². The molecule has 2 aromatic rings. The number of hydrogen-bond acceptors (Lipinski definition) is 3. The number of nitrogens with one attached hydrogen (secondary N) is 1. The summed E-state index contributed by atoms with van der Waals surface area (Å²) in [5, 5.41) is 11.6. The van der Waals surface area contributed by atoms with E-state index >= 15 is 0 Å². The summed E-state index contributed by atoms with van der Waals surface area (Å²) in [5.41, 5.74) is 2.04. The van der Waals surface area contributed by atoms with Crippen molar-refractivity contribution in [3.63, 3.8) is 0 Å². The van der Waals surface area contributed by atoms with Crippen LogP contribution in [0.4, 0.5) is 0 Å². The van der Waals surface area contributed by atoms with Gasteiger partial charge in [0.05, 0.1) is 17.6 Å². The normalized spacial score (nSPS) is 10.8. The highest BCUT2D eigenvalue weighted by molar-refractivity contribution is 6.29. The molecule has 0 saturated carbocycles. The van der Waals surface area contributed by atoms with Crippen LogP contribution in [0.1, 0.15) is 10.4 Å². The standard InChI is InChI=1S/C11H12ClN3O2/c1-15-9-3-2-7(10(17)13-4-5-16)6-8(9)14-11(15)12/h2-3,6,16H,4-5H2,1H3,(H,13,17). The fourth-order valence-corrected chi connectivity index (χ4v) is 1.77. The summed E-state index contributed by atoms with van der Waals surface area (Å²) in [6, 6.07) is 5.17. The average molecular weight is 254 g/mol. The molecule has 0 spiro atoms. The van der Waals surface area contributed by atoms with Gasteiger partial charge in [-0.25, -0.2) is 4.98 Å². The van der Waals surface area contributed by atoms with Gasteiger partial charge in [-0.2, -0.15) is 0 Å². The Bertz CT molecular complexity index is 565. The van der Waals surface area contributed by atoms with Crippen LogP contribution in [-0.4, -0.2) is 33.7 Å². The first-order chi connectivity index (χ1) is 8.13. The van der Waals surface area contributed by atoms with Crippen molar-refractivity contribution in [1.29, 1.82) is 0 Å². The fraction of sp³-hybridized carbons (Fsp3) is 0.273. The van der Waals surface area contributed by atoms with E-state index in [1.54, 1.807) is 22.8 Å². The van der Waals surface area contributed by atoms with E-state index in [1.807, 2.05) is 7.05 Å². The molecule has 0 aliphatic carbocycles. The van der Waals surface area contributed by atoms with Crippen molar-refractivity contribution in [3.8, 4) is 0 Å². The van der Waals surface area contributed by atoms with Crippen molar-refractivity contribution in [3.05, 3.63) is 29.0 Å². The molecule has 0 atom stereocenters. The Morgan fingerprint density at radius 3 is 3.06 bits per heavy atom. The van der Waals surface area contributed by atoms with Crippen LogP contribution < -0.4 is 5.32 Å². The molecule has 2 rings (SSSR count). The van der Waals surface area contributed by atoms with Gasteiger partial charge in [0.15, 0.2) is 0 Å². The minimum Gasteiger partial charge on any atom is -0.395 e. The van der Waals surface area contributed by atoms with E-state index in [-0.39, 0.29) is 19.1 Å². The molecule has 0 radical (unpaired) electrons. The number of carbonyl (C=O) groups excluding carboxylic acids is 1. The molecule has 0 fully saturated rings. The van der Waals surface area contributed by atoms with Crippen LogP contribution in [0.3, 0.4) is 0 Å². The van der Waals surface area contributed by atoms with Crippen LogP contribution >= 0.6 is 11.6 Å². The highest BCUT2D eigenvalue weighted by atomic mass is 35.5. The molecule has 0 unspecified atom stereocenters. The van der Waals surface area contributed by atoms with Gasteiger partial charge < -0.3 is 15.0 Å². The van der Waals surface area contributed by atoms with E-state index in [0.29, 0.717) is 16.4 Å². The number of aromatic nitrogens is 2. The molecule has 0 aliphatic rings. The van der Waals surface area contributed by atoms with Crippen LogP contribution in [0, 0.1) is 0 Å². The van der Waals surface area contributed by atoms with Gasteiger partial charge in [-0.3, -0.25) is 4.79 Å². The van der Waals surface area contributed by atoms with Crippen molar-refractivity contribution in [1.82, 2.24) is 14.9 Å². The molecule has 0 saturated heterocycles. The van der Waals surface area contributed by atoms with Gasteiger partial charge in [0.2, 0.25) is 5.28 Å². The Morgan fingerprint density at radius 1 is 1.59 bits per heavy atom. The summed E-state index contributed by atoms with van der Waals surface area (Å²) in [7, 11) is 1.81. The van der Waals surface area contributed by atoms with Gasteiger partial charge in [0.1, 0.15) is 0 Å². The average Bonchev–Trinajstić information content (AvgIpc) is 2.61. The Morgan fingerprint density at radius 2 is 2.35 bits per heavy atom. The molecule has 17 heavy (non-hydrogen) atoms. The number of aryl methyl sites for hydroxylation is 1. The fourth-order valence-electron chi connectivity index (χ4n) is 1.58. The van der Waals surface area contributed by atoms with Gasteiger partial charge in [-0.05, 0) is 29.8 Å². The molecule has 0 bridgehead atoms. The van der Waals surface area contributed by atoms with Crippen molar-refractivity contribution in [2.45, 2.75) is 0 Å². The number of nitrogens with zero attached hydrogens (tertiary/aromatic N) is 2. The lowest BCUT2D eigenvalue weighted by molar-refractivity contribution is 0.0945. The second kappa shape index (κ2) is 4.73. The van der Waals surface area contributed by atoms with Crippen molar-refractivity contribution >= 4 is 28.5 Å². The number of halogens is 1. The molecular formula is C11H12ClN3O2. The van der Waals surface area contributed by atoms with Gasteiger partial charge >= 0.3 is 0 Å². The SMILES string of the molecule is Cn1c(Cl)nc2cc(C(=O)NCCO)ccc21. The minimum atomic E-state index is -0.234. The Kier molecular flexibility index (Phi) is 3.31. The van der Waals surface area contributed by atoms with Gasteiger partial charge in [-0.15, -0.1) is 0 Å². The molecule has 1 aromatic heterocycles. The van der Waals surface area contributed by atoms with Crippen LogP contribution in [0.2, 0.25) is 5.28 Å². The van der Waals surface area contributed by atoms with E-state index in [1.165, 1.54) is 0 Å². The lowest BCUT2D eigenvalue weighted by Gasteiger charge is -2.03. The molecule has 0 aliphatic heterocycles. The van der Waals surface area contributed by atoms with Crippen LogP contribution in [0.5, 0.6) is 0 Å². The quantitative estimate of drug-likeness (QED) is 0.856. The van der Waals surface area contributed by atoms with Crippen molar-refractivity contribution < 1.29 is 9.90 Å². The van der Waals surface area contributed by atoms with Gasteiger partial charge in [0.25, 0.3) is 5.91 Å². The number of carbonyl (C=O) groups is 1. The van der Waals surface area contributed by atoms with Crippen LogP contribution in [0.25, 0.3) is 11.0 Å². The van der Waals surface area contributed by atoms with E-state index in [0.717, 1.165) is 5.52 Å². The number of benzene rings is 1. The van der Waals surface area contributed by atoms with Crippen molar-refractivity contribution in [2.24, 2.45) is 7.05 Å². The minimum absolute atomic E-state index is 0.0800. The first-order valence-corrected chi connectivity index (χ1v) is 5.52. The monoisotopic (exact) mass is 253 g/mol. The smallest absolute Gasteiger partial charge is 0.251 e.